The number of nitrogens with one attached hydrogen (secondary N) is 2. The van der Waals surface area contributed by atoms with Crippen LogP contribution in [0.3, 0.4) is 0 Å². The highest BCUT2D eigenvalue weighted by molar-refractivity contribution is 6.30. The molecule has 2 aromatic rings. The Balaban J connectivity index is 1.28. The second-order valence-electron chi connectivity index (χ2n) is 10.6. The van der Waals surface area contributed by atoms with Crippen LogP contribution in [0.15, 0.2) is 48.5 Å². The molecule has 0 radical (unpaired) electrons. The third kappa shape index (κ3) is 5.43. The van der Waals surface area contributed by atoms with Crippen LogP contribution in [-0.2, 0) is 23.2 Å². The molecule has 3 aliphatic rings. The summed E-state index contributed by atoms with van der Waals surface area (Å²) in [5, 5.41) is 7.99. The average Bonchev–Trinajstić information content (AvgIpc) is 2.91. The zero-order valence-corrected chi connectivity index (χ0v) is 21.7. The van der Waals surface area contributed by atoms with E-state index in [0.29, 0.717) is 12.5 Å². The molecule has 188 valence electrons. The van der Waals surface area contributed by atoms with Gasteiger partial charge < -0.3 is 15.5 Å². The summed E-state index contributed by atoms with van der Waals surface area (Å²) < 4.78 is 0. The van der Waals surface area contributed by atoms with Gasteiger partial charge in [-0.3, -0.25) is 9.69 Å². The summed E-state index contributed by atoms with van der Waals surface area (Å²) in [6.45, 7) is 4.60. The van der Waals surface area contributed by atoms with Crippen LogP contribution < -0.4 is 10.6 Å². The summed E-state index contributed by atoms with van der Waals surface area (Å²) in [7, 11) is 2.26. The third-order valence-corrected chi connectivity index (χ3v) is 8.79. The van der Waals surface area contributed by atoms with Gasteiger partial charge in [-0.2, -0.15) is 0 Å². The summed E-state index contributed by atoms with van der Waals surface area (Å²) in [6, 6.07) is 17.1. The molecule has 0 saturated carbocycles. The molecule has 0 bridgehead atoms. The maximum Gasteiger partial charge on any atom is 0.240 e. The summed E-state index contributed by atoms with van der Waals surface area (Å²) in [5.41, 5.74) is 4.15. The van der Waals surface area contributed by atoms with Crippen LogP contribution in [0.2, 0.25) is 5.02 Å². The second kappa shape index (κ2) is 11.0. The number of rotatable bonds is 6. The number of carbonyl (C=O) groups is 1. The molecule has 2 atom stereocenters. The van der Waals surface area contributed by atoms with Gasteiger partial charge in [0.1, 0.15) is 0 Å². The molecule has 2 N–H and O–H groups in total. The summed E-state index contributed by atoms with van der Waals surface area (Å²) in [6.07, 6.45) is 7.46. The molecule has 3 heterocycles. The Morgan fingerprint density at radius 2 is 1.89 bits per heavy atom. The first-order valence-electron chi connectivity index (χ1n) is 13.3. The van der Waals surface area contributed by atoms with Gasteiger partial charge in [-0.15, -0.1) is 0 Å². The first-order valence-corrected chi connectivity index (χ1v) is 13.7. The van der Waals surface area contributed by atoms with Crippen LogP contribution in [0.1, 0.15) is 48.8 Å². The Labute approximate surface area is 215 Å². The topological polar surface area (TPSA) is 47.6 Å². The Morgan fingerprint density at radius 3 is 2.63 bits per heavy atom. The lowest BCUT2D eigenvalue weighted by Crippen LogP contribution is -2.58. The first-order chi connectivity index (χ1) is 17.0. The van der Waals surface area contributed by atoms with Crippen molar-refractivity contribution < 1.29 is 4.79 Å². The molecule has 6 heteroatoms. The Morgan fingerprint density at radius 1 is 1.11 bits per heavy atom. The number of piperidine rings is 2. The summed E-state index contributed by atoms with van der Waals surface area (Å²) >= 11 is 6.11. The molecule has 2 aromatic carbocycles. The molecular weight excluding hydrogens is 456 g/mol. The SMILES string of the molecule is CN1CCc2ccccc2C12CCN(C(=O)[C@@H](Cc1ccc(Cl)cc1)NCC1CCCCN1)CC2. The highest BCUT2D eigenvalue weighted by atomic mass is 35.5. The number of carbonyl (C=O) groups excluding carboxylic acids is 1. The van der Waals surface area contributed by atoms with E-state index in [1.54, 1.807) is 0 Å². The fourth-order valence-corrected chi connectivity index (χ4v) is 6.48. The maximum absolute atomic E-state index is 13.8. The minimum Gasteiger partial charge on any atom is -0.341 e. The van der Waals surface area contributed by atoms with E-state index in [4.69, 9.17) is 11.6 Å². The zero-order valence-electron chi connectivity index (χ0n) is 20.9. The van der Waals surface area contributed by atoms with E-state index in [2.05, 4.69) is 51.7 Å². The van der Waals surface area contributed by atoms with Crippen LogP contribution in [0.5, 0.6) is 0 Å². The van der Waals surface area contributed by atoms with E-state index < -0.39 is 0 Å². The quantitative estimate of drug-likeness (QED) is 0.637. The molecule has 0 aromatic heterocycles. The lowest BCUT2D eigenvalue weighted by atomic mass is 9.74. The lowest BCUT2D eigenvalue weighted by molar-refractivity contribution is -0.136. The van der Waals surface area contributed by atoms with Gasteiger partial charge in [-0.25, -0.2) is 0 Å². The predicted octanol–water partition coefficient (Wildman–Crippen LogP) is 3.99. The highest BCUT2D eigenvalue weighted by Gasteiger charge is 2.44. The molecule has 1 amide bonds. The van der Waals surface area contributed by atoms with Crippen molar-refractivity contribution in [3.63, 3.8) is 0 Å². The van der Waals surface area contributed by atoms with E-state index in [1.165, 1.54) is 30.4 Å². The van der Waals surface area contributed by atoms with Gasteiger partial charge >= 0.3 is 0 Å². The van der Waals surface area contributed by atoms with Gasteiger partial charge in [0.2, 0.25) is 5.91 Å². The zero-order chi connectivity index (χ0) is 24.3. The number of amides is 1. The highest BCUT2D eigenvalue weighted by Crippen LogP contribution is 2.42. The molecule has 2 fully saturated rings. The van der Waals surface area contributed by atoms with E-state index >= 15 is 0 Å². The van der Waals surface area contributed by atoms with E-state index in [9.17, 15) is 4.79 Å². The van der Waals surface area contributed by atoms with Crippen molar-refractivity contribution in [1.29, 1.82) is 0 Å². The average molecular weight is 495 g/mol. The molecule has 1 unspecified atom stereocenters. The molecule has 1 spiro atoms. The van der Waals surface area contributed by atoms with Gasteiger partial charge in [0, 0.05) is 42.8 Å². The summed E-state index contributed by atoms with van der Waals surface area (Å²) in [4.78, 5) is 18.5. The normalized spacial score (nSPS) is 23.1. The van der Waals surface area contributed by atoms with Crippen molar-refractivity contribution in [2.24, 2.45) is 0 Å². The van der Waals surface area contributed by atoms with Crippen LogP contribution in [-0.4, -0.2) is 67.6 Å². The lowest BCUT2D eigenvalue weighted by Gasteiger charge is -2.51. The minimum atomic E-state index is -0.217. The van der Waals surface area contributed by atoms with Crippen molar-refractivity contribution >= 4 is 17.5 Å². The molecule has 5 nitrogen and oxygen atoms in total. The van der Waals surface area contributed by atoms with Gasteiger partial charge in [-0.05, 0) is 80.9 Å². The van der Waals surface area contributed by atoms with Gasteiger partial charge in [0.05, 0.1) is 6.04 Å². The number of benzene rings is 2. The fourth-order valence-electron chi connectivity index (χ4n) is 6.35. The Kier molecular flexibility index (Phi) is 7.78. The summed E-state index contributed by atoms with van der Waals surface area (Å²) in [5.74, 6) is 0.234. The fraction of sp³-hybridized carbons (Fsp3) is 0.552. The largest absolute Gasteiger partial charge is 0.341 e. The van der Waals surface area contributed by atoms with Gasteiger partial charge in [0.15, 0.2) is 0 Å². The van der Waals surface area contributed by atoms with E-state index in [1.807, 2.05) is 24.3 Å². The minimum absolute atomic E-state index is 0.0523. The maximum atomic E-state index is 13.8. The van der Waals surface area contributed by atoms with Crippen molar-refractivity contribution in [3.8, 4) is 0 Å². The molecule has 3 aliphatic heterocycles. The standard InChI is InChI=1S/C29H39ClN4O/c1-33-17-13-23-6-2-3-8-26(23)29(33)14-18-34(19-15-29)28(35)27(20-22-9-11-24(30)12-10-22)32-21-25-7-4-5-16-31-25/h2-3,6,8-12,25,27,31-32H,4-5,7,13-21H2,1H3/t25?,27-/m1/s1. The number of nitrogens with zero attached hydrogens (tertiary/aromatic N) is 2. The molecule has 5 rings (SSSR count). The van der Waals surface area contributed by atoms with Crippen molar-refractivity contribution in [2.45, 2.75) is 62.6 Å². The number of likely N-dealkylation sites (tertiary alicyclic amines) is 1. The van der Waals surface area contributed by atoms with Crippen molar-refractivity contribution in [1.82, 2.24) is 20.4 Å². The Bertz CT molecular complexity index is 996. The van der Waals surface area contributed by atoms with Crippen LogP contribution in [0.25, 0.3) is 0 Å². The molecule has 35 heavy (non-hydrogen) atoms. The third-order valence-electron chi connectivity index (χ3n) is 8.54. The van der Waals surface area contributed by atoms with Gasteiger partial charge in [-0.1, -0.05) is 54.4 Å². The number of fused-ring (bicyclic) bond motifs is 2. The number of likely N-dealkylation sites (N-methyl/N-ethyl adjacent to an activating group) is 1. The predicted molar refractivity (Wildman–Crippen MR) is 143 cm³/mol. The Hall–Kier alpha value is -1.92. The number of halogens is 1. The van der Waals surface area contributed by atoms with Crippen LogP contribution in [0, 0.1) is 0 Å². The monoisotopic (exact) mass is 494 g/mol. The van der Waals surface area contributed by atoms with Gasteiger partial charge in [0.25, 0.3) is 0 Å². The van der Waals surface area contributed by atoms with E-state index in [-0.39, 0.29) is 17.5 Å². The van der Waals surface area contributed by atoms with Crippen LogP contribution in [0.4, 0.5) is 0 Å². The first kappa shape index (κ1) is 24.8. The van der Waals surface area contributed by atoms with Crippen LogP contribution >= 0.6 is 11.6 Å². The molecule has 2 saturated heterocycles. The smallest absolute Gasteiger partial charge is 0.240 e. The number of hydrogen-bond acceptors (Lipinski definition) is 4. The molecular formula is C29H39ClN4O. The molecule has 0 aliphatic carbocycles. The number of hydrogen-bond donors (Lipinski definition) is 2. The van der Waals surface area contributed by atoms with E-state index in [0.717, 1.165) is 62.6 Å². The van der Waals surface area contributed by atoms with Crippen molar-refractivity contribution in [2.75, 3.05) is 39.8 Å². The van der Waals surface area contributed by atoms with Crippen molar-refractivity contribution in [3.05, 3.63) is 70.2 Å². The second-order valence-corrected chi connectivity index (χ2v) is 11.1.